The Hall–Kier alpha value is -1.22. The number of ether oxygens (including phenoxy) is 2. The molecule has 0 amide bonds. The van der Waals surface area contributed by atoms with Gasteiger partial charge in [0.2, 0.25) is 0 Å². The minimum atomic E-state index is 0.268. The first kappa shape index (κ1) is 14.2. The van der Waals surface area contributed by atoms with E-state index in [1.807, 2.05) is 6.07 Å². The van der Waals surface area contributed by atoms with Gasteiger partial charge in [-0.1, -0.05) is 26.8 Å². The van der Waals surface area contributed by atoms with Gasteiger partial charge in [-0.3, -0.25) is 0 Å². The van der Waals surface area contributed by atoms with Crippen molar-refractivity contribution in [2.75, 3.05) is 20.8 Å². The summed E-state index contributed by atoms with van der Waals surface area (Å²) in [5.41, 5.74) is 1.62. The largest absolute Gasteiger partial charge is 0.493 e. The fourth-order valence-electron chi connectivity index (χ4n) is 2.77. The lowest BCUT2D eigenvalue weighted by Crippen LogP contribution is -2.33. The molecule has 106 valence electrons. The molecule has 0 heterocycles. The molecule has 3 heteroatoms. The van der Waals surface area contributed by atoms with E-state index in [9.17, 15) is 0 Å². The van der Waals surface area contributed by atoms with Gasteiger partial charge in [-0.25, -0.2) is 0 Å². The second-order valence-electron chi connectivity index (χ2n) is 5.87. The van der Waals surface area contributed by atoms with Gasteiger partial charge in [0.15, 0.2) is 11.5 Å². The van der Waals surface area contributed by atoms with Crippen molar-refractivity contribution in [3.63, 3.8) is 0 Å². The number of hydrogen-bond acceptors (Lipinski definition) is 3. The van der Waals surface area contributed by atoms with Crippen molar-refractivity contribution in [2.45, 2.75) is 38.6 Å². The van der Waals surface area contributed by atoms with Crippen molar-refractivity contribution in [1.82, 2.24) is 5.32 Å². The van der Waals surface area contributed by atoms with Crippen LogP contribution in [0.3, 0.4) is 0 Å². The zero-order valence-corrected chi connectivity index (χ0v) is 12.6. The number of benzene rings is 1. The molecule has 19 heavy (non-hydrogen) atoms. The second kappa shape index (κ2) is 5.41. The third-order valence-corrected chi connectivity index (χ3v) is 4.24. The summed E-state index contributed by atoms with van der Waals surface area (Å²) in [6.07, 6.45) is 1.24. The SMILES string of the molecule is COc1ccc(C2(CNC(C)C)CC2C)cc1OC. The zero-order valence-electron chi connectivity index (χ0n) is 12.6. The smallest absolute Gasteiger partial charge is 0.161 e. The Kier molecular flexibility index (Phi) is 4.04. The van der Waals surface area contributed by atoms with Gasteiger partial charge in [-0.05, 0) is 30.0 Å². The van der Waals surface area contributed by atoms with Crippen molar-refractivity contribution in [2.24, 2.45) is 5.92 Å². The number of hydrogen-bond donors (Lipinski definition) is 1. The molecule has 1 saturated carbocycles. The van der Waals surface area contributed by atoms with Crippen molar-refractivity contribution in [3.8, 4) is 11.5 Å². The van der Waals surface area contributed by atoms with Crippen molar-refractivity contribution in [3.05, 3.63) is 23.8 Å². The fraction of sp³-hybridized carbons (Fsp3) is 0.625. The summed E-state index contributed by atoms with van der Waals surface area (Å²) in [6, 6.07) is 6.83. The van der Waals surface area contributed by atoms with E-state index in [1.165, 1.54) is 12.0 Å². The summed E-state index contributed by atoms with van der Waals surface area (Å²) in [7, 11) is 3.37. The number of rotatable bonds is 6. The van der Waals surface area contributed by atoms with Crippen LogP contribution in [0.4, 0.5) is 0 Å². The van der Waals surface area contributed by atoms with Crippen LogP contribution in [-0.4, -0.2) is 26.8 Å². The maximum Gasteiger partial charge on any atom is 0.161 e. The summed E-state index contributed by atoms with van der Waals surface area (Å²) in [6.45, 7) is 7.73. The van der Waals surface area contributed by atoms with Gasteiger partial charge >= 0.3 is 0 Å². The van der Waals surface area contributed by atoms with E-state index in [0.717, 1.165) is 24.0 Å². The molecule has 0 saturated heterocycles. The molecule has 2 rings (SSSR count). The maximum atomic E-state index is 5.42. The summed E-state index contributed by atoms with van der Waals surface area (Å²) < 4.78 is 10.7. The molecule has 1 fully saturated rings. The van der Waals surface area contributed by atoms with Crippen LogP contribution >= 0.6 is 0 Å². The van der Waals surface area contributed by atoms with Crippen LogP contribution in [0.25, 0.3) is 0 Å². The summed E-state index contributed by atoms with van der Waals surface area (Å²) in [5, 5.41) is 3.57. The Bertz CT molecular complexity index is 444. The standard InChI is InChI=1S/C16H25NO2/c1-11(2)17-10-16(9-12(16)3)13-6-7-14(18-4)15(8-13)19-5/h6-8,11-12,17H,9-10H2,1-5H3. The van der Waals surface area contributed by atoms with Gasteiger partial charge in [0, 0.05) is 18.0 Å². The van der Waals surface area contributed by atoms with Gasteiger partial charge in [-0.2, -0.15) is 0 Å². The Labute approximate surface area is 116 Å². The molecule has 0 bridgehead atoms. The second-order valence-corrected chi connectivity index (χ2v) is 5.87. The van der Waals surface area contributed by atoms with Crippen LogP contribution in [0.2, 0.25) is 0 Å². The molecule has 2 unspecified atom stereocenters. The predicted molar refractivity (Wildman–Crippen MR) is 78.1 cm³/mol. The molecule has 1 aliphatic rings. The molecule has 1 aliphatic carbocycles. The minimum Gasteiger partial charge on any atom is -0.493 e. The Morgan fingerprint density at radius 3 is 2.37 bits per heavy atom. The Morgan fingerprint density at radius 1 is 1.26 bits per heavy atom. The predicted octanol–water partition coefficient (Wildman–Crippen LogP) is 2.98. The summed E-state index contributed by atoms with van der Waals surface area (Å²) >= 11 is 0. The van der Waals surface area contributed by atoms with Crippen LogP contribution < -0.4 is 14.8 Å². The summed E-state index contributed by atoms with van der Waals surface area (Å²) in [5.74, 6) is 2.34. The highest BCUT2D eigenvalue weighted by molar-refractivity contribution is 5.47. The molecule has 1 aromatic rings. The summed E-state index contributed by atoms with van der Waals surface area (Å²) in [4.78, 5) is 0. The fourth-order valence-corrected chi connectivity index (χ4v) is 2.77. The lowest BCUT2D eigenvalue weighted by molar-refractivity contribution is 0.353. The van der Waals surface area contributed by atoms with Gasteiger partial charge in [-0.15, -0.1) is 0 Å². The van der Waals surface area contributed by atoms with Crippen LogP contribution in [0.1, 0.15) is 32.8 Å². The van der Waals surface area contributed by atoms with Crippen LogP contribution in [0.5, 0.6) is 11.5 Å². The van der Waals surface area contributed by atoms with Crippen molar-refractivity contribution in [1.29, 1.82) is 0 Å². The average Bonchev–Trinajstić information content (AvgIpc) is 3.07. The molecule has 3 nitrogen and oxygen atoms in total. The zero-order chi connectivity index (χ0) is 14.0. The van der Waals surface area contributed by atoms with Gasteiger partial charge in [0.1, 0.15) is 0 Å². The number of nitrogens with one attached hydrogen (secondary N) is 1. The third kappa shape index (κ3) is 2.71. The molecule has 0 aliphatic heterocycles. The molecule has 1 N–H and O–H groups in total. The average molecular weight is 263 g/mol. The lowest BCUT2D eigenvalue weighted by atomic mass is 9.92. The van der Waals surface area contributed by atoms with E-state index < -0.39 is 0 Å². The van der Waals surface area contributed by atoms with Gasteiger partial charge in [0.05, 0.1) is 14.2 Å². The lowest BCUT2D eigenvalue weighted by Gasteiger charge is -2.21. The monoisotopic (exact) mass is 263 g/mol. The van der Waals surface area contributed by atoms with E-state index >= 15 is 0 Å². The van der Waals surface area contributed by atoms with Crippen LogP contribution in [-0.2, 0) is 5.41 Å². The molecule has 0 spiro atoms. The highest BCUT2D eigenvalue weighted by Gasteiger charge is 2.52. The van der Waals surface area contributed by atoms with Gasteiger partial charge in [0.25, 0.3) is 0 Å². The topological polar surface area (TPSA) is 30.5 Å². The first-order valence-corrected chi connectivity index (χ1v) is 6.99. The van der Waals surface area contributed by atoms with Crippen molar-refractivity contribution < 1.29 is 9.47 Å². The highest BCUT2D eigenvalue weighted by atomic mass is 16.5. The normalized spacial score (nSPS) is 25.5. The molecule has 0 aromatic heterocycles. The Balaban J connectivity index is 2.24. The Morgan fingerprint density at radius 2 is 1.89 bits per heavy atom. The van der Waals surface area contributed by atoms with E-state index in [4.69, 9.17) is 9.47 Å². The minimum absolute atomic E-state index is 0.268. The first-order valence-electron chi connectivity index (χ1n) is 6.99. The first-order chi connectivity index (χ1) is 9.03. The van der Waals surface area contributed by atoms with Crippen LogP contribution in [0, 0.1) is 5.92 Å². The van der Waals surface area contributed by atoms with E-state index in [0.29, 0.717) is 6.04 Å². The molecule has 2 atom stereocenters. The van der Waals surface area contributed by atoms with Crippen molar-refractivity contribution >= 4 is 0 Å². The number of methoxy groups -OCH3 is 2. The molecular weight excluding hydrogens is 238 g/mol. The highest BCUT2D eigenvalue weighted by Crippen LogP contribution is 2.54. The van der Waals surface area contributed by atoms with E-state index in [-0.39, 0.29) is 5.41 Å². The van der Waals surface area contributed by atoms with E-state index in [2.05, 4.69) is 38.2 Å². The van der Waals surface area contributed by atoms with Crippen LogP contribution in [0.15, 0.2) is 18.2 Å². The maximum absolute atomic E-state index is 5.42. The quantitative estimate of drug-likeness (QED) is 0.856. The molecule has 1 aromatic carbocycles. The van der Waals surface area contributed by atoms with Gasteiger partial charge < -0.3 is 14.8 Å². The molecule has 0 radical (unpaired) electrons. The van der Waals surface area contributed by atoms with E-state index in [1.54, 1.807) is 14.2 Å². The molecular formula is C16H25NO2. The third-order valence-electron chi connectivity index (χ3n) is 4.24.